The van der Waals surface area contributed by atoms with Gasteiger partial charge in [0.05, 0.1) is 5.69 Å². The highest BCUT2D eigenvalue weighted by Crippen LogP contribution is 2.23. The van der Waals surface area contributed by atoms with E-state index in [1.165, 1.54) is 11.3 Å². The fourth-order valence-electron chi connectivity index (χ4n) is 2.92. The van der Waals surface area contributed by atoms with Crippen molar-refractivity contribution < 1.29 is 14.3 Å². The highest BCUT2D eigenvalue weighted by atomic mass is 32.1. The number of aryl methyl sites for hydroxylation is 1. The van der Waals surface area contributed by atoms with Crippen LogP contribution in [0.5, 0.6) is 0 Å². The third-order valence-corrected chi connectivity index (χ3v) is 5.12. The number of allylic oxidation sites excluding steroid dienone is 1. The van der Waals surface area contributed by atoms with Crippen molar-refractivity contribution in [1.29, 1.82) is 0 Å². The predicted octanol–water partition coefficient (Wildman–Crippen LogP) is 4.18. The number of thiophene rings is 1. The highest BCUT2D eigenvalue weighted by Gasteiger charge is 2.20. The van der Waals surface area contributed by atoms with Gasteiger partial charge in [-0.25, -0.2) is 4.79 Å². The Labute approximate surface area is 156 Å². The van der Waals surface area contributed by atoms with Crippen molar-refractivity contribution >= 4 is 23.1 Å². The Hall–Kier alpha value is -2.86. The van der Waals surface area contributed by atoms with E-state index in [1.54, 1.807) is 6.08 Å². The minimum atomic E-state index is -0.489. The van der Waals surface area contributed by atoms with Crippen LogP contribution in [-0.4, -0.2) is 27.5 Å². The van der Waals surface area contributed by atoms with Crippen LogP contribution in [0.3, 0.4) is 0 Å². The van der Waals surface area contributed by atoms with Crippen LogP contribution in [0.4, 0.5) is 0 Å². The molecule has 0 aliphatic carbocycles. The minimum absolute atomic E-state index is 0.208. The summed E-state index contributed by atoms with van der Waals surface area (Å²) in [5.74, 6) is -0.696. The van der Waals surface area contributed by atoms with Crippen LogP contribution in [0, 0.1) is 13.8 Å². The largest absolute Gasteiger partial charge is 0.453 e. The lowest BCUT2D eigenvalue weighted by molar-refractivity contribution is 0.0479. The average Bonchev–Trinajstić information content (AvgIpc) is 3.35. The van der Waals surface area contributed by atoms with Gasteiger partial charge in [-0.2, -0.15) is 0 Å². The maximum Gasteiger partial charge on any atom is 0.350 e. The third-order valence-electron chi connectivity index (χ3n) is 4.23. The molecule has 5 nitrogen and oxygen atoms in total. The Balaban J connectivity index is 1.71. The Bertz CT molecular complexity index is 948. The van der Waals surface area contributed by atoms with E-state index in [4.69, 9.17) is 4.74 Å². The molecular formula is C20H20N2O3S. The third kappa shape index (κ3) is 3.41. The van der Waals surface area contributed by atoms with Gasteiger partial charge in [0, 0.05) is 35.9 Å². The molecule has 6 heteroatoms. The summed E-state index contributed by atoms with van der Waals surface area (Å²) < 4.78 is 9.14. The van der Waals surface area contributed by atoms with E-state index in [1.807, 2.05) is 65.0 Å². The molecular weight excluding hydrogens is 348 g/mol. The molecule has 0 atom stereocenters. The first kappa shape index (κ1) is 17.9. The smallest absolute Gasteiger partial charge is 0.350 e. The van der Waals surface area contributed by atoms with E-state index in [2.05, 4.69) is 6.58 Å². The van der Waals surface area contributed by atoms with Crippen molar-refractivity contribution in [1.82, 2.24) is 9.13 Å². The maximum absolute atomic E-state index is 12.5. The first-order valence-electron chi connectivity index (χ1n) is 8.21. The van der Waals surface area contributed by atoms with E-state index in [-0.39, 0.29) is 12.4 Å². The highest BCUT2D eigenvalue weighted by molar-refractivity contribution is 7.12. The van der Waals surface area contributed by atoms with Crippen molar-refractivity contribution in [2.75, 3.05) is 6.61 Å². The number of carbonyl (C=O) groups excluding carboxylic acids is 2. The van der Waals surface area contributed by atoms with Crippen molar-refractivity contribution in [2.45, 2.75) is 20.4 Å². The van der Waals surface area contributed by atoms with Gasteiger partial charge in [-0.1, -0.05) is 6.08 Å². The second kappa shape index (κ2) is 7.58. The van der Waals surface area contributed by atoms with Gasteiger partial charge in [0.15, 0.2) is 6.61 Å². The van der Waals surface area contributed by atoms with E-state index in [9.17, 15) is 9.59 Å². The number of ketones is 1. The molecule has 0 aromatic carbocycles. The first-order valence-corrected chi connectivity index (χ1v) is 9.09. The molecule has 3 aromatic heterocycles. The molecule has 0 aliphatic rings. The van der Waals surface area contributed by atoms with E-state index in [0.29, 0.717) is 17.0 Å². The Morgan fingerprint density at radius 2 is 2.00 bits per heavy atom. The SMILES string of the molecule is C=CCn1c(C)cc(C(=O)COC(=O)c2sccc2-n2cccc2)c1C. The molecule has 3 aromatic rings. The molecule has 0 saturated carbocycles. The van der Waals surface area contributed by atoms with Crippen LogP contribution in [0.25, 0.3) is 5.69 Å². The molecule has 0 N–H and O–H groups in total. The molecule has 0 saturated heterocycles. The second-order valence-corrected chi connectivity index (χ2v) is 6.82. The fraction of sp³-hybridized carbons (Fsp3) is 0.200. The van der Waals surface area contributed by atoms with Crippen LogP contribution in [0.1, 0.15) is 31.4 Å². The summed E-state index contributed by atoms with van der Waals surface area (Å²) in [5.41, 5.74) is 3.16. The zero-order valence-corrected chi connectivity index (χ0v) is 15.6. The number of ether oxygens (including phenoxy) is 1. The van der Waals surface area contributed by atoms with Crippen molar-refractivity contribution in [3.8, 4) is 5.69 Å². The molecule has 0 spiro atoms. The van der Waals surface area contributed by atoms with Crippen molar-refractivity contribution in [2.24, 2.45) is 0 Å². The molecule has 0 radical (unpaired) electrons. The molecule has 134 valence electrons. The number of aromatic nitrogens is 2. The van der Waals surface area contributed by atoms with E-state index < -0.39 is 5.97 Å². The van der Waals surface area contributed by atoms with Gasteiger partial charge in [0.25, 0.3) is 0 Å². The maximum atomic E-state index is 12.5. The Kier molecular flexibility index (Phi) is 5.23. The van der Waals surface area contributed by atoms with Gasteiger partial charge in [0.1, 0.15) is 4.88 Å². The normalized spacial score (nSPS) is 10.7. The van der Waals surface area contributed by atoms with Crippen LogP contribution in [0.2, 0.25) is 0 Å². The lowest BCUT2D eigenvalue weighted by atomic mass is 10.1. The summed E-state index contributed by atoms with van der Waals surface area (Å²) in [6, 6.07) is 7.45. The zero-order chi connectivity index (χ0) is 18.7. The zero-order valence-electron chi connectivity index (χ0n) is 14.8. The minimum Gasteiger partial charge on any atom is -0.453 e. The standard InChI is InChI=1S/C20H20N2O3S/c1-4-8-22-14(2)12-16(15(22)3)18(23)13-25-20(24)19-17(7-11-26-19)21-9-5-6-10-21/h4-7,9-12H,1,8,13H2,2-3H3. The number of hydrogen-bond donors (Lipinski definition) is 0. The second-order valence-electron chi connectivity index (χ2n) is 5.91. The van der Waals surface area contributed by atoms with Gasteiger partial charge in [0.2, 0.25) is 5.78 Å². The van der Waals surface area contributed by atoms with Crippen LogP contribution in [-0.2, 0) is 11.3 Å². The number of carbonyl (C=O) groups is 2. The summed E-state index contributed by atoms with van der Waals surface area (Å²) in [4.78, 5) is 25.4. The number of nitrogens with zero attached hydrogens (tertiary/aromatic N) is 2. The molecule has 0 aliphatic heterocycles. The van der Waals surface area contributed by atoms with Gasteiger partial charge < -0.3 is 13.9 Å². The monoisotopic (exact) mass is 368 g/mol. The predicted molar refractivity (Wildman–Crippen MR) is 102 cm³/mol. The molecule has 3 rings (SSSR count). The quantitative estimate of drug-likeness (QED) is 0.357. The van der Waals surface area contributed by atoms with Crippen LogP contribution < -0.4 is 0 Å². The van der Waals surface area contributed by atoms with E-state index >= 15 is 0 Å². The number of esters is 1. The van der Waals surface area contributed by atoms with Crippen LogP contribution >= 0.6 is 11.3 Å². The van der Waals surface area contributed by atoms with E-state index in [0.717, 1.165) is 17.1 Å². The fourth-order valence-corrected chi connectivity index (χ4v) is 3.70. The van der Waals surface area contributed by atoms with Gasteiger partial charge in [-0.05, 0) is 43.5 Å². The summed E-state index contributed by atoms with van der Waals surface area (Å²) in [5, 5.41) is 1.83. The number of Topliss-reactive ketones (excluding diaryl/α,β-unsaturated/α-hetero) is 1. The summed E-state index contributed by atoms with van der Waals surface area (Å²) >= 11 is 1.30. The topological polar surface area (TPSA) is 53.2 Å². The Morgan fingerprint density at radius 1 is 1.27 bits per heavy atom. The Morgan fingerprint density at radius 3 is 2.69 bits per heavy atom. The van der Waals surface area contributed by atoms with Crippen molar-refractivity contribution in [3.05, 3.63) is 76.5 Å². The van der Waals surface area contributed by atoms with Gasteiger partial charge in [-0.3, -0.25) is 4.79 Å². The molecule has 26 heavy (non-hydrogen) atoms. The molecule has 0 amide bonds. The van der Waals surface area contributed by atoms with Gasteiger partial charge in [-0.15, -0.1) is 17.9 Å². The molecule has 0 fully saturated rings. The van der Waals surface area contributed by atoms with Crippen molar-refractivity contribution in [3.63, 3.8) is 0 Å². The lowest BCUT2D eigenvalue weighted by Crippen LogP contribution is -2.15. The molecule has 0 bridgehead atoms. The number of hydrogen-bond acceptors (Lipinski definition) is 4. The van der Waals surface area contributed by atoms with Crippen LogP contribution in [0.15, 0.2) is 54.7 Å². The molecule has 0 unspecified atom stereocenters. The van der Waals surface area contributed by atoms with Gasteiger partial charge >= 0.3 is 5.97 Å². The summed E-state index contributed by atoms with van der Waals surface area (Å²) in [6.45, 7) is 7.92. The number of rotatable bonds is 7. The average molecular weight is 368 g/mol. The lowest BCUT2D eigenvalue weighted by Gasteiger charge is -2.07. The molecule has 3 heterocycles. The summed E-state index contributed by atoms with van der Waals surface area (Å²) in [7, 11) is 0. The summed E-state index contributed by atoms with van der Waals surface area (Å²) in [6.07, 6.45) is 5.50. The first-order chi connectivity index (χ1) is 12.5.